The Bertz CT molecular complexity index is 74.0. The summed E-state index contributed by atoms with van der Waals surface area (Å²) in [5.41, 5.74) is 0. The van der Waals surface area contributed by atoms with E-state index in [0.717, 1.165) is 6.42 Å². The fourth-order valence-electron chi connectivity index (χ4n) is 0. The molecule has 0 aliphatic carbocycles. The quantitative estimate of drug-likeness (QED) is 0.494. The number of rotatable bonds is 2. The van der Waals surface area contributed by atoms with Gasteiger partial charge in [-0.15, -0.1) is 19.7 Å². The van der Waals surface area contributed by atoms with Crippen LogP contribution in [0.4, 0.5) is 0 Å². The molecule has 0 aromatic rings. The fourth-order valence-corrected chi connectivity index (χ4v) is 0. The van der Waals surface area contributed by atoms with Gasteiger partial charge >= 0.3 is 0 Å². The molecular formula is C14H30. The van der Waals surface area contributed by atoms with Gasteiger partial charge in [-0.05, 0) is 20.3 Å². The van der Waals surface area contributed by atoms with Gasteiger partial charge in [0.15, 0.2) is 0 Å². The van der Waals surface area contributed by atoms with Crippen LogP contribution in [0, 0.1) is 0 Å². The van der Waals surface area contributed by atoms with Crippen molar-refractivity contribution < 1.29 is 0 Å². The summed E-state index contributed by atoms with van der Waals surface area (Å²) in [7, 11) is 0. The number of hydrogen-bond acceptors (Lipinski definition) is 0. The maximum absolute atomic E-state index is 3.48. The van der Waals surface area contributed by atoms with E-state index in [0.29, 0.717) is 0 Å². The smallest absolute Gasteiger partial charge is 0.0382 e. The van der Waals surface area contributed by atoms with Crippen molar-refractivity contribution in [3.8, 4) is 0 Å². The Kier molecular flexibility index (Phi) is 93.6. The van der Waals surface area contributed by atoms with Crippen LogP contribution in [-0.2, 0) is 0 Å². The van der Waals surface area contributed by atoms with Crippen LogP contribution in [0.2, 0.25) is 0 Å². The van der Waals surface area contributed by atoms with Crippen LogP contribution >= 0.6 is 0 Å². The second-order valence-corrected chi connectivity index (χ2v) is 2.36. The van der Waals surface area contributed by atoms with Crippen molar-refractivity contribution in [3.05, 3.63) is 38.0 Å². The zero-order valence-corrected chi connectivity index (χ0v) is 11.0. The predicted octanol–water partition coefficient (Wildman–Crippen LogP) is 5.77. The van der Waals surface area contributed by atoms with Crippen molar-refractivity contribution >= 4 is 0 Å². The van der Waals surface area contributed by atoms with Gasteiger partial charge in [-0.3, -0.25) is 0 Å². The van der Waals surface area contributed by atoms with Crippen molar-refractivity contribution in [2.75, 3.05) is 0 Å². The van der Waals surface area contributed by atoms with Crippen LogP contribution in [0.15, 0.2) is 38.0 Å². The van der Waals surface area contributed by atoms with Gasteiger partial charge in [0.1, 0.15) is 0 Å². The molecule has 0 nitrogen and oxygen atoms in total. The molecule has 0 heterocycles. The molecule has 0 saturated heterocycles. The maximum Gasteiger partial charge on any atom is -0.0382 e. The van der Waals surface area contributed by atoms with Crippen molar-refractivity contribution in [1.29, 1.82) is 0 Å². The van der Waals surface area contributed by atoms with Gasteiger partial charge < -0.3 is 0 Å². The summed E-state index contributed by atoms with van der Waals surface area (Å²) in [4.78, 5) is 0. The Morgan fingerprint density at radius 3 is 1.07 bits per heavy atom. The third kappa shape index (κ3) is 238. The first kappa shape index (κ1) is 23.2. The van der Waals surface area contributed by atoms with E-state index in [9.17, 15) is 0 Å². The summed E-state index contributed by atoms with van der Waals surface area (Å²) in [5.74, 6) is 0. The molecular weight excluding hydrogens is 168 g/mol. The molecule has 0 saturated carbocycles. The third-order valence-corrected chi connectivity index (χ3v) is 1.12. The molecule has 0 aromatic heterocycles. The van der Waals surface area contributed by atoms with E-state index in [2.05, 4.69) is 40.5 Å². The minimum absolute atomic E-state index is 1.08. The molecule has 0 fully saturated rings. The number of unbranched alkanes of at least 4 members (excludes halogenated alkanes) is 1. The average Bonchev–Trinajstić information content (AvgIpc) is 2.31. The molecule has 0 amide bonds. The van der Waals surface area contributed by atoms with Crippen LogP contribution in [-0.4, -0.2) is 0 Å². The molecule has 14 heavy (non-hydrogen) atoms. The standard InChI is InChI=1S/C4H10.2C4H8.C2H4/c3*1-3-4-2;1-2/h3-4H2,1-2H3;3-4H,1-2H3;3H,1,4H2,2H3;1-2H2/b;4-3+;;. The Labute approximate surface area is 92.4 Å². The normalized spacial score (nSPS) is 6.93. The van der Waals surface area contributed by atoms with E-state index in [1.54, 1.807) is 0 Å². The van der Waals surface area contributed by atoms with Gasteiger partial charge in [-0.1, -0.05) is 51.8 Å². The molecule has 0 unspecified atom stereocenters. The van der Waals surface area contributed by atoms with Crippen LogP contribution in [0.1, 0.15) is 53.9 Å². The van der Waals surface area contributed by atoms with Gasteiger partial charge in [-0.2, -0.15) is 0 Å². The third-order valence-electron chi connectivity index (χ3n) is 1.12. The van der Waals surface area contributed by atoms with Crippen molar-refractivity contribution in [1.82, 2.24) is 0 Å². The number of hydrogen-bond donors (Lipinski definition) is 0. The van der Waals surface area contributed by atoms with Gasteiger partial charge in [0, 0.05) is 0 Å². The Morgan fingerprint density at radius 1 is 0.857 bits per heavy atom. The molecule has 0 radical (unpaired) electrons. The molecule has 0 aliphatic heterocycles. The Morgan fingerprint density at radius 2 is 1.07 bits per heavy atom. The first-order valence-electron chi connectivity index (χ1n) is 5.43. The number of allylic oxidation sites excluding steroid dienone is 3. The SMILES string of the molecule is C/C=C/C.C=C.C=CCC.CCCC. The predicted molar refractivity (Wildman–Crippen MR) is 72.8 cm³/mol. The summed E-state index contributed by atoms with van der Waals surface area (Å²) in [6, 6.07) is 0. The van der Waals surface area contributed by atoms with Gasteiger partial charge in [-0.25, -0.2) is 0 Å². The molecule has 0 heteroatoms. The molecule has 0 bridgehead atoms. The van der Waals surface area contributed by atoms with Gasteiger partial charge in [0.25, 0.3) is 0 Å². The van der Waals surface area contributed by atoms with E-state index < -0.39 is 0 Å². The second-order valence-electron chi connectivity index (χ2n) is 2.36. The molecule has 0 N–H and O–H groups in total. The molecule has 0 aromatic carbocycles. The largest absolute Gasteiger partial charge is 0.106 e. The monoisotopic (exact) mass is 198 g/mol. The molecule has 0 atom stereocenters. The van der Waals surface area contributed by atoms with Crippen LogP contribution in [0.5, 0.6) is 0 Å². The van der Waals surface area contributed by atoms with Gasteiger partial charge in [0.05, 0.1) is 0 Å². The highest BCUT2D eigenvalue weighted by Gasteiger charge is 1.56. The van der Waals surface area contributed by atoms with E-state index in [1.165, 1.54) is 12.8 Å². The molecule has 0 aliphatic rings. The summed E-state index contributed by atoms with van der Waals surface area (Å²) >= 11 is 0. The highest BCUT2D eigenvalue weighted by molar-refractivity contribution is 4.68. The van der Waals surface area contributed by atoms with Crippen LogP contribution in [0.25, 0.3) is 0 Å². The van der Waals surface area contributed by atoms with E-state index >= 15 is 0 Å². The Hall–Kier alpha value is -0.780. The Balaban J connectivity index is -0.0000000492. The molecule has 0 spiro atoms. The van der Waals surface area contributed by atoms with E-state index in [1.807, 2.05) is 32.1 Å². The molecule has 0 rings (SSSR count). The van der Waals surface area contributed by atoms with E-state index in [4.69, 9.17) is 0 Å². The minimum atomic E-state index is 1.08. The lowest BCUT2D eigenvalue weighted by molar-refractivity contribution is 0.886. The minimum Gasteiger partial charge on any atom is -0.106 e. The highest BCUT2D eigenvalue weighted by atomic mass is 13.6. The first-order chi connectivity index (χ1) is 6.74. The van der Waals surface area contributed by atoms with E-state index in [-0.39, 0.29) is 0 Å². The maximum atomic E-state index is 3.48. The summed E-state index contributed by atoms with van der Waals surface area (Å²) in [6.07, 6.45) is 9.60. The summed E-state index contributed by atoms with van der Waals surface area (Å²) in [6.45, 7) is 19.9. The van der Waals surface area contributed by atoms with Crippen molar-refractivity contribution in [2.24, 2.45) is 0 Å². The lowest BCUT2D eigenvalue weighted by Gasteiger charge is -1.68. The van der Waals surface area contributed by atoms with Crippen LogP contribution in [0.3, 0.4) is 0 Å². The molecule has 86 valence electrons. The fraction of sp³-hybridized carbons (Fsp3) is 0.571. The first-order valence-corrected chi connectivity index (χ1v) is 5.43. The highest BCUT2D eigenvalue weighted by Crippen LogP contribution is 1.76. The van der Waals surface area contributed by atoms with Gasteiger partial charge in [0.2, 0.25) is 0 Å². The summed E-state index contributed by atoms with van der Waals surface area (Å²) < 4.78 is 0. The van der Waals surface area contributed by atoms with Crippen LogP contribution < -0.4 is 0 Å². The lowest BCUT2D eigenvalue weighted by atomic mass is 10.4. The van der Waals surface area contributed by atoms with Crippen molar-refractivity contribution in [2.45, 2.75) is 53.9 Å². The zero-order chi connectivity index (χ0) is 12.2. The topological polar surface area (TPSA) is 0 Å². The zero-order valence-electron chi connectivity index (χ0n) is 11.0. The summed E-state index contributed by atoms with van der Waals surface area (Å²) in [5, 5.41) is 0. The second kappa shape index (κ2) is 56.5. The van der Waals surface area contributed by atoms with Crippen molar-refractivity contribution in [3.63, 3.8) is 0 Å². The average molecular weight is 198 g/mol. The lowest BCUT2D eigenvalue weighted by Crippen LogP contribution is -1.47.